The van der Waals surface area contributed by atoms with Crippen molar-refractivity contribution in [3.8, 4) is 0 Å². The summed E-state index contributed by atoms with van der Waals surface area (Å²) in [6.45, 7) is 2.70. The Balaban J connectivity index is 4.59. The molecule has 0 saturated heterocycles. The zero-order valence-corrected chi connectivity index (χ0v) is 10.8. The largest absolute Gasteiger partial charge is 0.480 e. The Morgan fingerprint density at radius 1 is 1.12 bits per heavy atom. The molecular formula is C8H16O6S2. The van der Waals surface area contributed by atoms with Crippen LogP contribution in [0.2, 0.25) is 0 Å². The molecule has 0 heterocycles. The highest BCUT2D eigenvalue weighted by Crippen LogP contribution is 2.04. The van der Waals surface area contributed by atoms with E-state index in [2.05, 4.69) is 0 Å². The molecule has 0 aromatic heterocycles. The van der Waals surface area contributed by atoms with Crippen LogP contribution in [0.5, 0.6) is 0 Å². The summed E-state index contributed by atoms with van der Waals surface area (Å²) in [7, 11) is -7.29. The average Bonchev–Trinajstić information content (AvgIpc) is 2.14. The van der Waals surface area contributed by atoms with E-state index in [9.17, 15) is 21.6 Å². The maximum atomic E-state index is 11.4. The molecule has 1 unspecified atom stereocenters. The quantitative estimate of drug-likeness (QED) is 0.682. The number of carboxylic acids is 1. The molecule has 0 bridgehead atoms. The van der Waals surface area contributed by atoms with Crippen LogP contribution in [0.1, 0.15) is 20.3 Å². The molecule has 0 amide bonds. The minimum atomic E-state index is -3.89. The Hall–Kier alpha value is -0.630. The number of rotatable bonds is 7. The van der Waals surface area contributed by atoms with E-state index in [0.717, 1.165) is 6.92 Å². The fourth-order valence-electron chi connectivity index (χ4n) is 0.987. The molecule has 0 radical (unpaired) electrons. The van der Waals surface area contributed by atoms with Gasteiger partial charge in [-0.2, -0.15) is 0 Å². The van der Waals surface area contributed by atoms with E-state index in [1.807, 2.05) is 0 Å². The van der Waals surface area contributed by atoms with Gasteiger partial charge in [-0.05, 0) is 13.3 Å². The summed E-state index contributed by atoms with van der Waals surface area (Å²) in [6.07, 6.45) is 0.414. The van der Waals surface area contributed by atoms with E-state index in [4.69, 9.17) is 5.11 Å². The highest BCUT2D eigenvalue weighted by atomic mass is 32.2. The highest BCUT2D eigenvalue weighted by molar-refractivity contribution is 7.95. The van der Waals surface area contributed by atoms with Crippen molar-refractivity contribution in [3.63, 3.8) is 0 Å². The third kappa shape index (κ3) is 4.93. The Morgan fingerprint density at radius 3 is 2.00 bits per heavy atom. The first-order valence-corrected chi connectivity index (χ1v) is 8.31. The first-order valence-electron chi connectivity index (χ1n) is 4.77. The van der Waals surface area contributed by atoms with Gasteiger partial charge in [0.1, 0.15) is 0 Å². The van der Waals surface area contributed by atoms with Crippen molar-refractivity contribution < 1.29 is 26.7 Å². The van der Waals surface area contributed by atoms with Crippen LogP contribution in [-0.2, 0) is 24.5 Å². The monoisotopic (exact) mass is 272 g/mol. The Kier molecular flexibility index (Phi) is 5.40. The molecular weight excluding hydrogens is 256 g/mol. The lowest BCUT2D eigenvalue weighted by Crippen LogP contribution is -2.32. The second-order valence-corrected chi connectivity index (χ2v) is 8.24. The van der Waals surface area contributed by atoms with Crippen LogP contribution in [-0.4, -0.2) is 50.4 Å². The van der Waals surface area contributed by atoms with Crippen LogP contribution in [0.15, 0.2) is 0 Å². The van der Waals surface area contributed by atoms with Crippen molar-refractivity contribution in [1.82, 2.24) is 0 Å². The molecule has 6 nitrogen and oxygen atoms in total. The molecule has 0 aliphatic carbocycles. The topological polar surface area (TPSA) is 106 Å². The molecule has 96 valence electrons. The van der Waals surface area contributed by atoms with Crippen LogP contribution in [0, 0.1) is 0 Å². The summed E-state index contributed by atoms with van der Waals surface area (Å²) < 4.78 is 45.3. The number of hydrogen-bond acceptors (Lipinski definition) is 5. The van der Waals surface area contributed by atoms with E-state index in [0.29, 0.717) is 6.42 Å². The molecule has 0 fully saturated rings. The van der Waals surface area contributed by atoms with Crippen LogP contribution in [0.4, 0.5) is 0 Å². The van der Waals surface area contributed by atoms with Crippen molar-refractivity contribution in [2.75, 3.05) is 17.3 Å². The molecule has 16 heavy (non-hydrogen) atoms. The number of sulfone groups is 2. The standard InChI is InChI=1S/C8H16O6S2/c1-3-4-15(11,12)5-6-16(13,14)7(2)8(9)10/h7H,3-6H2,1-2H3,(H,9,10). The zero-order chi connectivity index (χ0) is 13.0. The minimum Gasteiger partial charge on any atom is -0.480 e. The normalized spacial score (nSPS) is 14.6. The van der Waals surface area contributed by atoms with Gasteiger partial charge in [0.15, 0.2) is 24.9 Å². The van der Waals surface area contributed by atoms with Crippen molar-refractivity contribution in [1.29, 1.82) is 0 Å². The maximum absolute atomic E-state index is 11.4. The molecule has 0 aliphatic heterocycles. The van der Waals surface area contributed by atoms with E-state index < -0.39 is 42.4 Å². The lowest BCUT2D eigenvalue weighted by atomic mass is 10.5. The third-order valence-corrected chi connectivity index (χ3v) is 6.25. The molecule has 0 spiro atoms. The van der Waals surface area contributed by atoms with Gasteiger partial charge < -0.3 is 5.11 Å². The maximum Gasteiger partial charge on any atom is 0.321 e. The van der Waals surface area contributed by atoms with Gasteiger partial charge in [-0.1, -0.05) is 6.92 Å². The highest BCUT2D eigenvalue weighted by Gasteiger charge is 2.28. The van der Waals surface area contributed by atoms with Crippen molar-refractivity contribution >= 4 is 25.6 Å². The fraction of sp³-hybridized carbons (Fsp3) is 0.875. The second kappa shape index (κ2) is 5.62. The molecule has 0 aromatic rings. The van der Waals surface area contributed by atoms with Gasteiger partial charge in [0, 0.05) is 5.75 Å². The average molecular weight is 272 g/mol. The first kappa shape index (κ1) is 15.4. The minimum absolute atomic E-state index is 0.0794. The zero-order valence-electron chi connectivity index (χ0n) is 9.21. The van der Waals surface area contributed by atoms with E-state index in [1.54, 1.807) is 6.92 Å². The van der Waals surface area contributed by atoms with Crippen LogP contribution in [0.3, 0.4) is 0 Å². The predicted molar refractivity (Wildman–Crippen MR) is 59.8 cm³/mol. The summed E-state index contributed by atoms with van der Waals surface area (Å²) in [4.78, 5) is 10.5. The Labute approximate surface area is 95.5 Å². The summed E-state index contributed by atoms with van der Waals surface area (Å²) in [6, 6.07) is 0. The van der Waals surface area contributed by atoms with E-state index >= 15 is 0 Å². The van der Waals surface area contributed by atoms with Gasteiger partial charge in [-0.3, -0.25) is 4.79 Å². The van der Waals surface area contributed by atoms with Gasteiger partial charge in [-0.25, -0.2) is 16.8 Å². The number of aliphatic carboxylic acids is 1. The van der Waals surface area contributed by atoms with Gasteiger partial charge in [0.05, 0.1) is 11.5 Å². The van der Waals surface area contributed by atoms with Crippen LogP contribution in [0.25, 0.3) is 0 Å². The Morgan fingerprint density at radius 2 is 1.62 bits per heavy atom. The van der Waals surface area contributed by atoms with Gasteiger partial charge in [0.2, 0.25) is 0 Å². The molecule has 0 aliphatic rings. The third-order valence-electron chi connectivity index (χ3n) is 2.08. The van der Waals surface area contributed by atoms with Gasteiger partial charge in [0.25, 0.3) is 0 Å². The fourth-order valence-corrected chi connectivity index (χ4v) is 4.42. The van der Waals surface area contributed by atoms with E-state index in [1.165, 1.54) is 0 Å². The summed E-state index contributed by atoms with van der Waals surface area (Å²) in [5, 5.41) is 6.96. The van der Waals surface area contributed by atoms with Crippen molar-refractivity contribution in [3.05, 3.63) is 0 Å². The Bertz CT molecular complexity index is 433. The second-order valence-electron chi connectivity index (χ2n) is 3.50. The molecule has 1 atom stereocenters. The lowest BCUT2D eigenvalue weighted by molar-refractivity contribution is -0.136. The summed E-state index contributed by atoms with van der Waals surface area (Å²) >= 11 is 0. The first-order chi connectivity index (χ1) is 7.12. The van der Waals surface area contributed by atoms with Crippen LogP contribution >= 0.6 is 0 Å². The molecule has 0 aromatic carbocycles. The number of hydrogen-bond donors (Lipinski definition) is 1. The lowest BCUT2D eigenvalue weighted by Gasteiger charge is -2.08. The van der Waals surface area contributed by atoms with Gasteiger partial charge in [-0.15, -0.1) is 0 Å². The van der Waals surface area contributed by atoms with Crippen LogP contribution < -0.4 is 0 Å². The number of carbonyl (C=O) groups is 1. The summed E-state index contributed by atoms with van der Waals surface area (Å²) in [5.74, 6) is -2.69. The molecule has 1 N–H and O–H groups in total. The SMILES string of the molecule is CCCS(=O)(=O)CCS(=O)(=O)C(C)C(=O)O. The molecule has 0 rings (SSSR count). The smallest absolute Gasteiger partial charge is 0.321 e. The molecule has 0 saturated carbocycles. The van der Waals surface area contributed by atoms with Crippen molar-refractivity contribution in [2.45, 2.75) is 25.5 Å². The van der Waals surface area contributed by atoms with E-state index in [-0.39, 0.29) is 5.75 Å². The van der Waals surface area contributed by atoms with Gasteiger partial charge >= 0.3 is 5.97 Å². The summed E-state index contributed by atoms with van der Waals surface area (Å²) in [5.41, 5.74) is 0. The number of carboxylic acid groups (broad SMARTS) is 1. The molecule has 8 heteroatoms. The van der Waals surface area contributed by atoms with Crippen molar-refractivity contribution in [2.24, 2.45) is 0 Å². The predicted octanol–water partition coefficient (Wildman–Crippen LogP) is -0.301.